The molecular weight excluding hydrogens is 130 g/mol. The van der Waals surface area contributed by atoms with E-state index in [-0.39, 0.29) is 6.10 Å². The van der Waals surface area contributed by atoms with E-state index in [1.54, 1.807) is 0 Å². The van der Waals surface area contributed by atoms with Crippen LogP contribution >= 0.6 is 0 Å². The quantitative estimate of drug-likeness (QED) is 0.480. The van der Waals surface area contributed by atoms with Crippen LogP contribution in [0.15, 0.2) is 0 Å². The van der Waals surface area contributed by atoms with Crippen molar-refractivity contribution in [3.05, 3.63) is 0 Å². The second-order valence-corrected chi connectivity index (χ2v) is 3.22. The predicted molar refractivity (Wildman–Crippen MR) is 36.8 cm³/mol. The van der Waals surface area contributed by atoms with Gasteiger partial charge in [0.25, 0.3) is 0 Å². The number of aliphatic hydroxyl groups is 1. The van der Waals surface area contributed by atoms with Gasteiger partial charge in [0.1, 0.15) is 0 Å². The summed E-state index contributed by atoms with van der Waals surface area (Å²) in [7, 11) is 0. The van der Waals surface area contributed by atoms with Gasteiger partial charge in [0.2, 0.25) is 0 Å². The van der Waals surface area contributed by atoms with Crippen LogP contribution in [0.4, 0.5) is 0 Å². The van der Waals surface area contributed by atoms with E-state index in [9.17, 15) is 5.11 Å². The summed E-state index contributed by atoms with van der Waals surface area (Å²) >= 11 is 0. The minimum Gasteiger partial charge on any atom is -0.393 e. The van der Waals surface area contributed by atoms with Gasteiger partial charge in [-0.3, -0.25) is 0 Å². The smallest absolute Gasteiger partial charge is 0.0621 e. The highest BCUT2D eigenvalue weighted by Crippen LogP contribution is 2.17. The van der Waals surface area contributed by atoms with Gasteiger partial charge in [0.05, 0.1) is 19.3 Å². The highest BCUT2D eigenvalue weighted by molar-refractivity contribution is 4.87. The fraction of sp³-hybridized carbons (Fsp3) is 1.00. The molecule has 0 aromatic rings. The number of rotatable bonds is 0. The monoisotopic (exact) mass is 143 g/mol. The van der Waals surface area contributed by atoms with Gasteiger partial charge in [0.15, 0.2) is 0 Å². The lowest BCUT2D eigenvalue weighted by Crippen LogP contribution is -2.55. The summed E-state index contributed by atoms with van der Waals surface area (Å²) in [5.41, 5.74) is 0. The summed E-state index contributed by atoms with van der Waals surface area (Å²) in [6.45, 7) is 1.54. The van der Waals surface area contributed by atoms with E-state index in [0.717, 1.165) is 26.1 Å². The molecule has 0 spiro atoms. The fourth-order valence-electron chi connectivity index (χ4n) is 1.81. The first-order chi connectivity index (χ1) is 4.84. The number of hydrogen-bond donors (Lipinski definition) is 2. The van der Waals surface area contributed by atoms with Crippen molar-refractivity contribution in [3.8, 4) is 0 Å². The molecule has 0 radical (unpaired) electrons. The molecule has 3 nitrogen and oxygen atoms in total. The molecule has 2 rings (SSSR count). The van der Waals surface area contributed by atoms with Crippen molar-refractivity contribution >= 4 is 0 Å². The number of fused-ring (bicyclic) bond motifs is 2. The minimum atomic E-state index is -0.0971. The van der Waals surface area contributed by atoms with Gasteiger partial charge < -0.3 is 15.2 Å². The Hall–Kier alpha value is -0.120. The van der Waals surface area contributed by atoms with Crippen LogP contribution in [0.25, 0.3) is 0 Å². The van der Waals surface area contributed by atoms with E-state index in [0.29, 0.717) is 12.1 Å². The van der Waals surface area contributed by atoms with Gasteiger partial charge >= 0.3 is 0 Å². The Morgan fingerprint density at radius 1 is 1.20 bits per heavy atom. The first-order valence-electron chi connectivity index (χ1n) is 3.86. The van der Waals surface area contributed by atoms with Gasteiger partial charge in [-0.1, -0.05) is 0 Å². The van der Waals surface area contributed by atoms with Crippen LogP contribution in [0.1, 0.15) is 12.8 Å². The molecular formula is C7H13NO2. The first kappa shape index (κ1) is 6.58. The molecule has 3 heteroatoms. The van der Waals surface area contributed by atoms with Crippen LogP contribution in [-0.2, 0) is 4.74 Å². The lowest BCUT2D eigenvalue weighted by molar-refractivity contribution is -0.0193. The topological polar surface area (TPSA) is 41.5 Å². The summed E-state index contributed by atoms with van der Waals surface area (Å²) in [4.78, 5) is 0. The lowest BCUT2D eigenvalue weighted by atomic mass is 9.95. The number of ether oxygens (including phenoxy) is 1. The number of hydrogen-bond acceptors (Lipinski definition) is 3. The summed E-state index contributed by atoms with van der Waals surface area (Å²) in [6.07, 6.45) is 1.62. The molecule has 2 heterocycles. The Labute approximate surface area is 60.4 Å². The van der Waals surface area contributed by atoms with Crippen molar-refractivity contribution in [2.24, 2.45) is 0 Å². The van der Waals surface area contributed by atoms with Gasteiger partial charge in [-0.05, 0) is 12.8 Å². The Kier molecular flexibility index (Phi) is 1.64. The van der Waals surface area contributed by atoms with Crippen molar-refractivity contribution in [1.29, 1.82) is 0 Å². The SMILES string of the molecule is OC1CC2COC[C@@H](C1)N2. The van der Waals surface area contributed by atoms with Crippen molar-refractivity contribution in [3.63, 3.8) is 0 Å². The molecule has 0 aliphatic carbocycles. The van der Waals surface area contributed by atoms with Crippen LogP contribution in [0.2, 0.25) is 0 Å². The van der Waals surface area contributed by atoms with Crippen LogP contribution in [0.3, 0.4) is 0 Å². The van der Waals surface area contributed by atoms with Gasteiger partial charge in [-0.2, -0.15) is 0 Å². The second kappa shape index (κ2) is 2.49. The molecule has 2 unspecified atom stereocenters. The third kappa shape index (κ3) is 1.17. The maximum atomic E-state index is 9.32. The van der Waals surface area contributed by atoms with E-state index in [2.05, 4.69) is 5.32 Å². The van der Waals surface area contributed by atoms with Gasteiger partial charge in [-0.25, -0.2) is 0 Å². The Morgan fingerprint density at radius 3 is 2.40 bits per heavy atom. The number of piperidine rings is 1. The molecule has 2 N–H and O–H groups in total. The van der Waals surface area contributed by atoms with E-state index >= 15 is 0 Å². The Balaban J connectivity index is 1.98. The molecule has 3 atom stereocenters. The number of nitrogens with one attached hydrogen (secondary N) is 1. The predicted octanol–water partition coefficient (Wildman–Crippen LogP) is -0.502. The van der Waals surface area contributed by atoms with Crippen molar-refractivity contribution in [2.45, 2.75) is 31.0 Å². The Bertz CT molecular complexity index is 113. The normalized spacial score (nSPS) is 47.1. The zero-order valence-corrected chi connectivity index (χ0v) is 5.92. The molecule has 10 heavy (non-hydrogen) atoms. The molecule has 2 aliphatic heterocycles. The zero-order chi connectivity index (χ0) is 6.97. The van der Waals surface area contributed by atoms with E-state index < -0.39 is 0 Å². The highest BCUT2D eigenvalue weighted by Gasteiger charge is 2.30. The lowest BCUT2D eigenvalue weighted by Gasteiger charge is -2.38. The standard InChI is InChI=1S/C7H13NO2/c9-7-1-5-3-10-4-6(2-7)8-5/h5-9H,1-4H2/t5-,6?,7?/m1/s1. The third-order valence-corrected chi connectivity index (χ3v) is 2.22. The molecule has 58 valence electrons. The first-order valence-corrected chi connectivity index (χ1v) is 3.86. The van der Waals surface area contributed by atoms with Gasteiger partial charge in [-0.15, -0.1) is 0 Å². The van der Waals surface area contributed by atoms with Crippen LogP contribution < -0.4 is 5.32 Å². The third-order valence-electron chi connectivity index (χ3n) is 2.22. The van der Waals surface area contributed by atoms with Crippen LogP contribution in [0, 0.1) is 0 Å². The van der Waals surface area contributed by atoms with Crippen molar-refractivity contribution < 1.29 is 9.84 Å². The summed E-state index contributed by atoms with van der Waals surface area (Å²) in [6, 6.07) is 0.810. The fourth-order valence-corrected chi connectivity index (χ4v) is 1.81. The van der Waals surface area contributed by atoms with Crippen LogP contribution in [-0.4, -0.2) is 36.5 Å². The molecule has 0 aromatic carbocycles. The van der Waals surface area contributed by atoms with E-state index in [1.807, 2.05) is 0 Å². The largest absolute Gasteiger partial charge is 0.393 e. The van der Waals surface area contributed by atoms with Gasteiger partial charge in [0, 0.05) is 12.1 Å². The van der Waals surface area contributed by atoms with E-state index in [1.165, 1.54) is 0 Å². The molecule has 0 amide bonds. The molecule has 2 fully saturated rings. The van der Waals surface area contributed by atoms with Crippen LogP contribution in [0.5, 0.6) is 0 Å². The van der Waals surface area contributed by atoms with Crippen molar-refractivity contribution in [1.82, 2.24) is 5.32 Å². The second-order valence-electron chi connectivity index (χ2n) is 3.22. The summed E-state index contributed by atoms with van der Waals surface area (Å²) < 4.78 is 5.31. The number of aliphatic hydroxyl groups excluding tert-OH is 1. The number of morpholine rings is 1. The zero-order valence-electron chi connectivity index (χ0n) is 5.92. The molecule has 0 aromatic heterocycles. The maximum absolute atomic E-state index is 9.32. The maximum Gasteiger partial charge on any atom is 0.0621 e. The highest BCUT2D eigenvalue weighted by atomic mass is 16.5. The average molecular weight is 143 g/mol. The molecule has 2 aliphatic rings. The average Bonchev–Trinajstić information content (AvgIpc) is 1.85. The molecule has 0 saturated carbocycles. The van der Waals surface area contributed by atoms with E-state index in [4.69, 9.17) is 4.74 Å². The minimum absolute atomic E-state index is 0.0971. The van der Waals surface area contributed by atoms with Crippen molar-refractivity contribution in [2.75, 3.05) is 13.2 Å². The molecule has 2 saturated heterocycles. The molecule has 2 bridgehead atoms. The summed E-state index contributed by atoms with van der Waals surface area (Å²) in [5.74, 6) is 0. The Morgan fingerprint density at radius 2 is 1.80 bits per heavy atom. The summed E-state index contributed by atoms with van der Waals surface area (Å²) in [5, 5.41) is 12.7.